The molecule has 0 fully saturated rings. The zero-order valence-corrected chi connectivity index (χ0v) is 18.2. The van der Waals surface area contributed by atoms with Gasteiger partial charge in [0.15, 0.2) is 0 Å². The van der Waals surface area contributed by atoms with E-state index in [1.54, 1.807) is 0 Å². The zero-order valence-electron chi connectivity index (χ0n) is 18.2. The first-order valence-electron chi connectivity index (χ1n) is 10.2. The highest BCUT2D eigenvalue weighted by molar-refractivity contribution is 5.82. The summed E-state index contributed by atoms with van der Waals surface area (Å²) in [5, 5.41) is 9.13. The van der Waals surface area contributed by atoms with Crippen LogP contribution in [0.5, 0.6) is 0 Å². The minimum atomic E-state index is -0.533. The van der Waals surface area contributed by atoms with Crippen molar-refractivity contribution in [2.75, 3.05) is 13.1 Å². The number of hydrogen-bond acceptors (Lipinski definition) is 4. The minimum Gasteiger partial charge on any atom is -0.444 e. The van der Waals surface area contributed by atoms with E-state index in [2.05, 4.69) is 41.9 Å². The first-order chi connectivity index (χ1) is 13.1. The maximum Gasteiger partial charge on any atom is 0.407 e. The third kappa shape index (κ3) is 9.74. The first-order valence-corrected chi connectivity index (χ1v) is 10.2. The molecule has 3 atom stereocenters. The monoisotopic (exact) mass is 391 g/mol. The van der Waals surface area contributed by atoms with Crippen LogP contribution in [-0.2, 0) is 16.0 Å². The maximum absolute atomic E-state index is 12.7. The SMILES string of the molecule is CC[C@H](C)[C@H](NC[C@H](C)NC(=O)OC(C)(C)C)C(=O)NCCc1ccccc1. The van der Waals surface area contributed by atoms with Crippen LogP contribution in [0.15, 0.2) is 30.3 Å². The van der Waals surface area contributed by atoms with Crippen molar-refractivity contribution in [2.45, 2.75) is 72.1 Å². The molecule has 0 radical (unpaired) electrons. The number of benzene rings is 1. The topological polar surface area (TPSA) is 79.5 Å². The lowest BCUT2D eigenvalue weighted by Gasteiger charge is -2.26. The molecule has 1 aromatic rings. The van der Waals surface area contributed by atoms with Gasteiger partial charge in [-0.3, -0.25) is 4.79 Å². The average molecular weight is 392 g/mol. The molecule has 0 aliphatic carbocycles. The Kier molecular flexibility index (Phi) is 10.0. The largest absolute Gasteiger partial charge is 0.444 e. The molecule has 1 aromatic carbocycles. The van der Waals surface area contributed by atoms with E-state index < -0.39 is 11.7 Å². The van der Waals surface area contributed by atoms with Gasteiger partial charge in [0.1, 0.15) is 5.60 Å². The van der Waals surface area contributed by atoms with E-state index in [1.807, 2.05) is 45.9 Å². The number of carbonyl (C=O) groups excluding carboxylic acids is 2. The fraction of sp³-hybridized carbons (Fsp3) is 0.636. The molecular weight excluding hydrogens is 354 g/mol. The molecule has 28 heavy (non-hydrogen) atoms. The standard InChI is InChI=1S/C22H37N3O3/c1-7-16(2)19(20(26)23-14-13-18-11-9-8-10-12-18)24-15-17(3)25-21(27)28-22(4,5)6/h8-12,16-17,19,24H,7,13-15H2,1-6H3,(H,23,26)(H,25,27)/t16-,17-,19-/m0/s1. The molecule has 0 aliphatic heterocycles. The molecule has 6 nitrogen and oxygen atoms in total. The van der Waals surface area contributed by atoms with Gasteiger partial charge in [0.2, 0.25) is 5.91 Å². The van der Waals surface area contributed by atoms with Crippen molar-refractivity contribution in [3.63, 3.8) is 0 Å². The van der Waals surface area contributed by atoms with E-state index in [0.29, 0.717) is 13.1 Å². The van der Waals surface area contributed by atoms with E-state index >= 15 is 0 Å². The minimum absolute atomic E-state index is 0.00486. The third-order valence-corrected chi connectivity index (χ3v) is 4.46. The summed E-state index contributed by atoms with van der Waals surface area (Å²) >= 11 is 0. The van der Waals surface area contributed by atoms with E-state index in [0.717, 1.165) is 12.8 Å². The summed E-state index contributed by atoms with van der Waals surface area (Å²) in [7, 11) is 0. The Morgan fingerprint density at radius 1 is 1.11 bits per heavy atom. The van der Waals surface area contributed by atoms with Crippen LogP contribution in [0.1, 0.15) is 53.5 Å². The molecule has 6 heteroatoms. The number of amides is 2. The Labute approximate surface area is 169 Å². The van der Waals surface area contributed by atoms with Crippen molar-refractivity contribution in [2.24, 2.45) is 5.92 Å². The molecule has 0 unspecified atom stereocenters. The lowest BCUT2D eigenvalue weighted by atomic mass is 9.98. The number of nitrogens with one attached hydrogen (secondary N) is 3. The first kappa shape index (κ1) is 24.0. The lowest BCUT2D eigenvalue weighted by Crippen LogP contribution is -2.52. The Morgan fingerprint density at radius 2 is 1.75 bits per heavy atom. The van der Waals surface area contributed by atoms with Crippen molar-refractivity contribution < 1.29 is 14.3 Å². The molecule has 0 saturated heterocycles. The van der Waals surface area contributed by atoms with Crippen molar-refractivity contribution in [3.8, 4) is 0 Å². The number of ether oxygens (including phenoxy) is 1. The van der Waals surface area contributed by atoms with Gasteiger partial charge in [-0.25, -0.2) is 4.79 Å². The molecule has 0 spiro atoms. The molecule has 158 valence electrons. The third-order valence-electron chi connectivity index (χ3n) is 4.46. The van der Waals surface area contributed by atoms with Crippen molar-refractivity contribution in [1.29, 1.82) is 0 Å². The summed E-state index contributed by atoms with van der Waals surface area (Å²) in [6, 6.07) is 9.64. The van der Waals surface area contributed by atoms with Crippen LogP contribution in [0, 0.1) is 5.92 Å². The second kappa shape index (κ2) is 11.7. The van der Waals surface area contributed by atoms with Crippen molar-refractivity contribution >= 4 is 12.0 Å². The smallest absolute Gasteiger partial charge is 0.407 e. The summed E-state index contributed by atoms with van der Waals surface area (Å²) < 4.78 is 5.27. The van der Waals surface area contributed by atoms with Gasteiger partial charge in [-0.15, -0.1) is 0 Å². The average Bonchev–Trinajstić information content (AvgIpc) is 2.60. The zero-order chi connectivity index (χ0) is 21.2. The van der Waals surface area contributed by atoms with Crippen LogP contribution in [0.25, 0.3) is 0 Å². The summed E-state index contributed by atoms with van der Waals surface area (Å²) in [6.07, 6.45) is 1.24. The van der Waals surface area contributed by atoms with Crippen LogP contribution in [0.2, 0.25) is 0 Å². The number of alkyl carbamates (subject to hydrolysis) is 1. The molecule has 0 saturated carbocycles. The molecule has 2 amide bonds. The van der Waals surface area contributed by atoms with Crippen molar-refractivity contribution in [1.82, 2.24) is 16.0 Å². The van der Waals surface area contributed by atoms with Crippen LogP contribution in [-0.4, -0.2) is 42.8 Å². The Balaban J connectivity index is 2.48. The van der Waals surface area contributed by atoms with Gasteiger partial charge >= 0.3 is 6.09 Å². The fourth-order valence-corrected chi connectivity index (χ4v) is 2.74. The maximum atomic E-state index is 12.7. The van der Waals surface area contributed by atoms with Gasteiger partial charge in [-0.1, -0.05) is 50.6 Å². The van der Waals surface area contributed by atoms with Gasteiger partial charge < -0.3 is 20.7 Å². The van der Waals surface area contributed by atoms with Crippen LogP contribution in [0.4, 0.5) is 4.79 Å². The number of carbonyl (C=O) groups is 2. The second-order valence-corrected chi connectivity index (χ2v) is 8.35. The molecular formula is C22H37N3O3. The Hall–Kier alpha value is -2.08. The molecule has 3 N–H and O–H groups in total. The van der Waals surface area contributed by atoms with Gasteiger partial charge in [-0.2, -0.15) is 0 Å². The van der Waals surface area contributed by atoms with Crippen molar-refractivity contribution in [3.05, 3.63) is 35.9 Å². The van der Waals surface area contributed by atoms with Crippen LogP contribution in [0.3, 0.4) is 0 Å². The number of hydrogen-bond donors (Lipinski definition) is 3. The highest BCUT2D eigenvalue weighted by atomic mass is 16.6. The van der Waals surface area contributed by atoms with Gasteiger partial charge in [0.25, 0.3) is 0 Å². The Morgan fingerprint density at radius 3 is 2.32 bits per heavy atom. The van der Waals surface area contributed by atoms with Gasteiger partial charge in [0.05, 0.1) is 6.04 Å². The number of rotatable bonds is 10. The summed E-state index contributed by atoms with van der Waals surface area (Å²) in [4.78, 5) is 24.5. The molecule has 0 heterocycles. The lowest BCUT2D eigenvalue weighted by molar-refractivity contribution is -0.124. The normalized spacial score (nSPS) is 14.6. The molecule has 0 aliphatic rings. The van der Waals surface area contributed by atoms with E-state index in [9.17, 15) is 9.59 Å². The quantitative estimate of drug-likeness (QED) is 0.572. The second-order valence-electron chi connectivity index (χ2n) is 8.35. The Bertz CT molecular complexity index is 599. The molecule has 0 bridgehead atoms. The van der Waals surface area contributed by atoms with Crippen LogP contribution < -0.4 is 16.0 Å². The predicted octanol–water partition coefficient (Wildman–Crippen LogP) is 3.26. The summed E-state index contributed by atoms with van der Waals surface area (Å²) in [5.41, 5.74) is 0.667. The van der Waals surface area contributed by atoms with E-state index in [-0.39, 0.29) is 23.9 Å². The molecule has 0 aromatic heterocycles. The highest BCUT2D eigenvalue weighted by Crippen LogP contribution is 2.09. The summed E-state index contributed by atoms with van der Waals surface area (Å²) in [5.74, 6) is 0.181. The van der Waals surface area contributed by atoms with E-state index in [1.165, 1.54) is 5.56 Å². The molecule has 1 rings (SSSR count). The fourth-order valence-electron chi connectivity index (χ4n) is 2.74. The highest BCUT2D eigenvalue weighted by Gasteiger charge is 2.24. The van der Waals surface area contributed by atoms with Crippen LogP contribution >= 0.6 is 0 Å². The van der Waals surface area contributed by atoms with Gasteiger partial charge in [0, 0.05) is 19.1 Å². The summed E-state index contributed by atoms with van der Waals surface area (Å²) in [6.45, 7) is 12.6. The predicted molar refractivity (Wildman–Crippen MR) is 113 cm³/mol. The van der Waals surface area contributed by atoms with E-state index in [4.69, 9.17) is 4.74 Å². The van der Waals surface area contributed by atoms with Gasteiger partial charge in [-0.05, 0) is 45.6 Å².